The van der Waals surface area contributed by atoms with Crippen LogP contribution in [0.2, 0.25) is 0 Å². The largest absolute Gasteiger partial charge is 0.437 e. The number of aromatic amines is 1. The average molecular weight is 614 g/mol. The Balaban J connectivity index is 1.39. The summed E-state index contributed by atoms with van der Waals surface area (Å²) in [6.45, 7) is 4.71. The smallest absolute Gasteiger partial charge is 0.416 e. The zero-order valence-corrected chi connectivity index (χ0v) is 24.0. The first-order chi connectivity index (χ1) is 20.9. The Hall–Kier alpha value is -4.59. The summed E-state index contributed by atoms with van der Waals surface area (Å²) < 4.78 is 60.9. The highest BCUT2D eigenvalue weighted by Crippen LogP contribution is 2.34. The number of carbonyl (C=O) groups is 1. The van der Waals surface area contributed by atoms with Crippen LogP contribution in [0.3, 0.4) is 0 Å². The monoisotopic (exact) mass is 613 g/mol. The number of nitrogens with one attached hydrogen (secondary N) is 2. The van der Waals surface area contributed by atoms with Gasteiger partial charge in [0.15, 0.2) is 11.6 Å². The zero-order valence-electron chi connectivity index (χ0n) is 24.0. The van der Waals surface area contributed by atoms with Crippen LogP contribution in [0.1, 0.15) is 37.8 Å². The van der Waals surface area contributed by atoms with E-state index in [9.17, 15) is 27.2 Å². The number of carbonyl (C=O) groups excluding carboxylic acids is 1. The Morgan fingerprint density at radius 1 is 1.20 bits per heavy atom. The van der Waals surface area contributed by atoms with Crippen molar-refractivity contribution in [2.24, 2.45) is 5.92 Å². The van der Waals surface area contributed by atoms with Crippen LogP contribution in [0.25, 0.3) is 22.3 Å². The van der Waals surface area contributed by atoms with Crippen molar-refractivity contribution in [3.05, 3.63) is 70.3 Å². The molecule has 44 heavy (non-hydrogen) atoms. The van der Waals surface area contributed by atoms with Crippen molar-refractivity contribution in [3.8, 4) is 22.9 Å². The van der Waals surface area contributed by atoms with Crippen LogP contribution in [0.15, 0.2) is 53.6 Å². The molecule has 0 saturated carbocycles. The highest BCUT2D eigenvalue weighted by molar-refractivity contribution is 5.82. The van der Waals surface area contributed by atoms with Crippen molar-refractivity contribution >= 4 is 22.8 Å². The van der Waals surface area contributed by atoms with Crippen LogP contribution in [0.5, 0.6) is 11.6 Å². The highest BCUT2D eigenvalue weighted by atomic mass is 19.4. The number of ether oxygens (including phenoxy) is 1. The summed E-state index contributed by atoms with van der Waals surface area (Å²) in [5.41, 5.74) is 5.62. The molecule has 0 radical (unpaired) electrons. The minimum atomic E-state index is -4.61. The molecular formula is C30H31F4N7O3. The quantitative estimate of drug-likeness (QED) is 0.228. The van der Waals surface area contributed by atoms with E-state index >= 15 is 0 Å². The molecule has 14 heteroatoms. The van der Waals surface area contributed by atoms with E-state index in [4.69, 9.17) is 10.5 Å². The standard InChI is InChI=1S/C30H31F4N7O3/c1-16(2)13-41-14-19(31)9-20(41)10-25(42)36-12-17-8-18(30(32,33)34)6-7-21(17)23-11-26(38-15-37-23)44-24-5-3-4-22-27(24)40-28(35)29(43)39-22/h3-8,11,15-16,19-20H,9-10,12-14H2,1-2H3,(H2,35,40)(H,36,42)(H,39,43)/t19-,20+/m1/s1. The molecule has 0 aliphatic carbocycles. The van der Waals surface area contributed by atoms with Gasteiger partial charge in [0.2, 0.25) is 11.8 Å². The van der Waals surface area contributed by atoms with Gasteiger partial charge in [0.1, 0.15) is 18.0 Å². The molecule has 4 aromatic rings. The topological polar surface area (TPSA) is 139 Å². The summed E-state index contributed by atoms with van der Waals surface area (Å²) >= 11 is 0. The molecule has 0 bridgehead atoms. The predicted molar refractivity (Wildman–Crippen MR) is 155 cm³/mol. The Kier molecular flexibility index (Phi) is 8.81. The van der Waals surface area contributed by atoms with Crippen LogP contribution in [0.4, 0.5) is 23.4 Å². The molecule has 10 nitrogen and oxygen atoms in total. The summed E-state index contributed by atoms with van der Waals surface area (Å²) in [6, 6.07) is 9.16. The zero-order chi connectivity index (χ0) is 31.6. The number of nitrogens with zero attached hydrogens (tertiary/aromatic N) is 4. The van der Waals surface area contributed by atoms with Gasteiger partial charge in [-0.05, 0) is 42.2 Å². The Bertz CT molecular complexity index is 1730. The number of hydrogen-bond acceptors (Lipinski definition) is 8. The first kappa shape index (κ1) is 30.9. The molecule has 1 saturated heterocycles. The molecule has 1 aliphatic rings. The van der Waals surface area contributed by atoms with E-state index in [0.717, 1.165) is 12.1 Å². The second kappa shape index (κ2) is 12.6. The van der Waals surface area contributed by atoms with Gasteiger partial charge in [-0.2, -0.15) is 13.2 Å². The molecule has 232 valence electrons. The number of H-pyrrole nitrogens is 1. The fourth-order valence-corrected chi connectivity index (χ4v) is 5.31. The molecule has 2 aromatic carbocycles. The minimum absolute atomic E-state index is 0.0295. The van der Waals surface area contributed by atoms with Crippen LogP contribution >= 0.6 is 0 Å². The van der Waals surface area contributed by atoms with Crippen molar-refractivity contribution in [2.45, 2.75) is 51.6 Å². The lowest BCUT2D eigenvalue weighted by molar-refractivity contribution is -0.137. The van der Waals surface area contributed by atoms with Crippen LogP contribution in [-0.2, 0) is 17.5 Å². The van der Waals surface area contributed by atoms with E-state index in [1.807, 2.05) is 18.7 Å². The first-order valence-electron chi connectivity index (χ1n) is 14.0. The maximum Gasteiger partial charge on any atom is 0.416 e. The van der Waals surface area contributed by atoms with Gasteiger partial charge >= 0.3 is 6.18 Å². The van der Waals surface area contributed by atoms with Crippen molar-refractivity contribution in [1.82, 2.24) is 30.2 Å². The number of nitrogens with two attached hydrogens (primary N) is 1. The number of para-hydroxylation sites is 1. The summed E-state index contributed by atoms with van der Waals surface area (Å²) in [7, 11) is 0. The number of halogens is 4. The lowest BCUT2D eigenvalue weighted by atomic mass is 10.0. The third kappa shape index (κ3) is 7.13. The van der Waals surface area contributed by atoms with Gasteiger partial charge in [-0.15, -0.1) is 0 Å². The average Bonchev–Trinajstić information content (AvgIpc) is 3.29. The molecule has 2 atom stereocenters. The summed E-state index contributed by atoms with van der Waals surface area (Å²) in [5, 5.41) is 2.71. The summed E-state index contributed by atoms with van der Waals surface area (Å²) in [4.78, 5) is 41.7. The molecule has 4 N–H and O–H groups in total. The Morgan fingerprint density at radius 3 is 2.75 bits per heavy atom. The molecular weight excluding hydrogens is 582 g/mol. The van der Waals surface area contributed by atoms with Gasteiger partial charge < -0.3 is 20.8 Å². The first-order valence-corrected chi connectivity index (χ1v) is 14.0. The molecule has 1 amide bonds. The lowest BCUT2D eigenvalue weighted by Crippen LogP contribution is -2.37. The van der Waals surface area contributed by atoms with Crippen LogP contribution in [0, 0.1) is 5.92 Å². The van der Waals surface area contributed by atoms with Crippen molar-refractivity contribution in [1.29, 1.82) is 0 Å². The number of rotatable bonds is 9. The fraction of sp³-hybridized carbons (Fsp3) is 0.367. The molecule has 1 aliphatic heterocycles. The Morgan fingerprint density at radius 2 is 2.00 bits per heavy atom. The van der Waals surface area contributed by atoms with Crippen molar-refractivity contribution in [3.63, 3.8) is 0 Å². The minimum Gasteiger partial charge on any atom is -0.437 e. The second-order valence-corrected chi connectivity index (χ2v) is 11.1. The van der Waals surface area contributed by atoms with E-state index < -0.39 is 29.4 Å². The van der Waals surface area contributed by atoms with E-state index in [1.54, 1.807) is 18.2 Å². The fourth-order valence-electron chi connectivity index (χ4n) is 5.31. The third-order valence-corrected chi connectivity index (χ3v) is 7.25. The normalized spacial score (nSPS) is 17.3. The third-order valence-electron chi connectivity index (χ3n) is 7.25. The molecule has 1 fully saturated rings. The number of benzene rings is 2. The number of fused-ring (bicyclic) bond motifs is 1. The van der Waals surface area contributed by atoms with Crippen molar-refractivity contribution < 1.29 is 27.1 Å². The predicted octanol–water partition coefficient (Wildman–Crippen LogP) is 4.85. The van der Waals surface area contributed by atoms with Gasteiger partial charge in [-0.25, -0.2) is 19.3 Å². The second-order valence-electron chi connectivity index (χ2n) is 11.1. The lowest BCUT2D eigenvalue weighted by Gasteiger charge is -2.25. The Labute approximate surface area is 249 Å². The van der Waals surface area contributed by atoms with Gasteiger partial charge in [0.05, 0.1) is 16.8 Å². The van der Waals surface area contributed by atoms with E-state index in [1.165, 1.54) is 18.5 Å². The van der Waals surface area contributed by atoms with E-state index in [0.29, 0.717) is 23.5 Å². The van der Waals surface area contributed by atoms with Crippen LogP contribution in [-0.4, -0.2) is 56.0 Å². The van der Waals surface area contributed by atoms with Gasteiger partial charge in [-0.3, -0.25) is 14.5 Å². The number of hydrogen-bond donors (Lipinski definition) is 3. The summed E-state index contributed by atoms with van der Waals surface area (Å²) in [5.74, 6) is -0.0772. The van der Waals surface area contributed by atoms with Gasteiger partial charge in [0, 0.05) is 43.7 Å². The molecule has 5 rings (SSSR count). The SMILES string of the molecule is CC(C)CN1C[C@H](F)C[C@H]1CC(=O)NCc1cc(C(F)(F)F)ccc1-c1cc(Oc2cccc3[nH]c(=O)c(N)nc23)ncn1. The number of anilines is 1. The molecule has 3 heterocycles. The number of aromatic nitrogens is 4. The van der Waals surface area contributed by atoms with Crippen LogP contribution < -0.4 is 21.3 Å². The van der Waals surface area contributed by atoms with E-state index in [-0.39, 0.29) is 66.2 Å². The van der Waals surface area contributed by atoms with E-state index in [2.05, 4.69) is 25.3 Å². The maximum atomic E-state index is 14.1. The number of likely N-dealkylation sites (tertiary alicyclic amines) is 1. The number of nitrogen functional groups attached to an aromatic ring is 1. The molecule has 0 spiro atoms. The number of alkyl halides is 4. The van der Waals surface area contributed by atoms with Gasteiger partial charge in [0.25, 0.3) is 5.56 Å². The maximum absolute atomic E-state index is 14.1. The molecule has 0 unspecified atom stereocenters. The molecule has 2 aromatic heterocycles. The highest BCUT2D eigenvalue weighted by Gasteiger charge is 2.34. The van der Waals surface area contributed by atoms with Gasteiger partial charge in [-0.1, -0.05) is 26.0 Å². The number of amides is 1. The summed E-state index contributed by atoms with van der Waals surface area (Å²) in [6.07, 6.45) is -4.19. The van der Waals surface area contributed by atoms with Crippen molar-refractivity contribution in [2.75, 3.05) is 18.8 Å².